The highest BCUT2D eigenvalue weighted by atomic mass is 32.2. The molecule has 3 rings (SSSR count). The van der Waals surface area contributed by atoms with E-state index < -0.39 is 15.6 Å². The first kappa shape index (κ1) is 14.9. The normalized spacial score (nSPS) is 19.9. The van der Waals surface area contributed by atoms with E-state index in [4.69, 9.17) is 0 Å². The van der Waals surface area contributed by atoms with E-state index in [0.29, 0.717) is 32.4 Å². The number of aliphatic hydroxyl groups is 1. The van der Waals surface area contributed by atoms with E-state index in [0.717, 1.165) is 10.2 Å². The van der Waals surface area contributed by atoms with Crippen LogP contribution in [0.1, 0.15) is 26.2 Å². The Balaban J connectivity index is 1.87. The minimum absolute atomic E-state index is 0.236. The van der Waals surface area contributed by atoms with Crippen molar-refractivity contribution in [3.8, 4) is 0 Å². The fourth-order valence-corrected chi connectivity index (χ4v) is 4.88. The van der Waals surface area contributed by atoms with Crippen molar-refractivity contribution >= 4 is 31.6 Å². The number of hydrogen-bond acceptors (Lipinski definition) is 5. The van der Waals surface area contributed by atoms with Crippen molar-refractivity contribution in [3.05, 3.63) is 23.7 Å². The van der Waals surface area contributed by atoms with Crippen LogP contribution in [0.3, 0.4) is 0 Å². The molecule has 0 atom stereocenters. The molecule has 0 radical (unpaired) electrons. The van der Waals surface area contributed by atoms with Crippen LogP contribution in [0.4, 0.5) is 0 Å². The minimum atomic E-state index is -3.52. The highest BCUT2D eigenvalue weighted by Crippen LogP contribution is 2.30. The summed E-state index contributed by atoms with van der Waals surface area (Å²) in [5.41, 5.74) is 0.0973. The number of nitrogens with zero attached hydrogens (tertiary/aromatic N) is 2. The first-order valence-corrected chi connectivity index (χ1v) is 9.32. The van der Waals surface area contributed by atoms with Crippen LogP contribution in [0.25, 0.3) is 10.2 Å². The van der Waals surface area contributed by atoms with Gasteiger partial charge in [-0.25, -0.2) is 8.42 Å². The summed E-state index contributed by atoms with van der Waals surface area (Å²) in [6, 6.07) is 3.56. The lowest BCUT2D eigenvalue weighted by Crippen LogP contribution is -2.46. The Morgan fingerprint density at radius 2 is 2.14 bits per heavy atom. The van der Waals surface area contributed by atoms with E-state index in [9.17, 15) is 13.5 Å². The van der Waals surface area contributed by atoms with E-state index in [1.54, 1.807) is 6.07 Å². The molecule has 0 aromatic carbocycles. The van der Waals surface area contributed by atoms with Crippen molar-refractivity contribution in [1.82, 2.24) is 9.29 Å². The number of aromatic nitrogens is 1. The Morgan fingerprint density at radius 3 is 2.81 bits per heavy atom. The summed E-state index contributed by atoms with van der Waals surface area (Å²) in [6.45, 7) is 2.64. The minimum Gasteiger partial charge on any atom is -0.390 e. The lowest BCUT2D eigenvalue weighted by atomic mass is 9.90. The molecule has 1 aliphatic rings. The van der Waals surface area contributed by atoms with Crippen LogP contribution in [0, 0.1) is 0 Å². The van der Waals surface area contributed by atoms with E-state index in [1.807, 2.05) is 18.4 Å². The second kappa shape index (κ2) is 5.31. The summed E-state index contributed by atoms with van der Waals surface area (Å²) in [4.78, 5) is 4.44. The highest BCUT2D eigenvalue weighted by molar-refractivity contribution is 7.89. The van der Waals surface area contributed by atoms with Gasteiger partial charge in [-0.1, -0.05) is 6.92 Å². The maximum atomic E-state index is 12.7. The zero-order chi connectivity index (χ0) is 15.1. The van der Waals surface area contributed by atoms with Crippen molar-refractivity contribution < 1.29 is 13.5 Å². The predicted molar refractivity (Wildman–Crippen MR) is 82.9 cm³/mol. The molecule has 21 heavy (non-hydrogen) atoms. The Kier molecular flexibility index (Phi) is 3.77. The number of pyridine rings is 1. The molecule has 114 valence electrons. The third kappa shape index (κ3) is 2.70. The maximum Gasteiger partial charge on any atom is 0.244 e. The van der Waals surface area contributed by atoms with Gasteiger partial charge in [-0.2, -0.15) is 4.31 Å². The van der Waals surface area contributed by atoms with Gasteiger partial charge in [0, 0.05) is 19.3 Å². The Labute approximate surface area is 128 Å². The van der Waals surface area contributed by atoms with E-state index in [-0.39, 0.29) is 4.90 Å². The third-order valence-corrected chi connectivity index (χ3v) is 6.94. The number of fused-ring (bicyclic) bond motifs is 1. The summed E-state index contributed by atoms with van der Waals surface area (Å²) >= 11 is 1.48. The molecule has 1 saturated heterocycles. The number of rotatable bonds is 3. The number of thiophene rings is 1. The molecular weight excluding hydrogens is 308 g/mol. The number of hydrogen-bond donors (Lipinski definition) is 1. The fourth-order valence-electron chi connectivity index (χ4n) is 2.62. The van der Waals surface area contributed by atoms with E-state index in [1.165, 1.54) is 21.8 Å². The second-order valence-corrected chi connectivity index (χ2v) is 8.34. The number of piperidine rings is 1. The second-order valence-electron chi connectivity index (χ2n) is 5.46. The largest absolute Gasteiger partial charge is 0.390 e. The SMILES string of the molecule is CCC1(O)CCN(S(=O)(=O)c2cnc3ccsc3c2)CC1. The molecule has 2 aromatic heterocycles. The van der Waals surface area contributed by atoms with Gasteiger partial charge >= 0.3 is 0 Å². The van der Waals surface area contributed by atoms with E-state index >= 15 is 0 Å². The lowest BCUT2D eigenvalue weighted by molar-refractivity contribution is -0.00802. The highest BCUT2D eigenvalue weighted by Gasteiger charge is 2.36. The van der Waals surface area contributed by atoms with E-state index in [2.05, 4.69) is 4.98 Å². The topological polar surface area (TPSA) is 70.5 Å². The molecule has 0 unspecified atom stereocenters. The zero-order valence-electron chi connectivity index (χ0n) is 11.8. The Morgan fingerprint density at radius 1 is 1.43 bits per heavy atom. The van der Waals surface area contributed by atoms with Crippen LogP contribution in [-0.2, 0) is 10.0 Å². The number of sulfonamides is 1. The van der Waals surface area contributed by atoms with Crippen molar-refractivity contribution in [2.45, 2.75) is 36.7 Å². The lowest BCUT2D eigenvalue weighted by Gasteiger charge is -2.36. The molecule has 5 nitrogen and oxygen atoms in total. The van der Waals surface area contributed by atoms with Crippen molar-refractivity contribution in [2.24, 2.45) is 0 Å². The third-order valence-electron chi connectivity index (χ3n) is 4.23. The summed E-state index contributed by atoms with van der Waals surface area (Å²) < 4.78 is 27.6. The average Bonchev–Trinajstić information content (AvgIpc) is 2.95. The van der Waals surface area contributed by atoms with Crippen LogP contribution in [-0.4, -0.2) is 41.5 Å². The molecule has 0 bridgehead atoms. The monoisotopic (exact) mass is 326 g/mol. The van der Waals surface area contributed by atoms with Crippen LogP contribution in [0.5, 0.6) is 0 Å². The molecule has 1 fully saturated rings. The molecule has 0 saturated carbocycles. The molecule has 1 aliphatic heterocycles. The van der Waals surface area contributed by atoms with Crippen molar-refractivity contribution in [2.75, 3.05) is 13.1 Å². The standard InChI is InChI=1S/C14H18N2O3S2/c1-2-14(17)4-6-16(7-5-14)21(18,19)11-9-13-12(15-10-11)3-8-20-13/h3,8-10,17H,2,4-7H2,1H3. The molecule has 0 amide bonds. The first-order chi connectivity index (χ1) is 9.94. The smallest absolute Gasteiger partial charge is 0.244 e. The van der Waals surface area contributed by atoms with Gasteiger partial charge in [0.2, 0.25) is 10.0 Å². The first-order valence-electron chi connectivity index (χ1n) is 7.00. The quantitative estimate of drug-likeness (QED) is 0.939. The van der Waals surface area contributed by atoms with Crippen molar-refractivity contribution in [3.63, 3.8) is 0 Å². The molecule has 0 aliphatic carbocycles. The van der Waals surface area contributed by atoms with Crippen LogP contribution < -0.4 is 0 Å². The van der Waals surface area contributed by atoms with Crippen LogP contribution >= 0.6 is 11.3 Å². The van der Waals surface area contributed by atoms with Gasteiger partial charge in [-0.15, -0.1) is 11.3 Å². The van der Waals surface area contributed by atoms with Gasteiger partial charge in [-0.05, 0) is 36.8 Å². The Hall–Kier alpha value is -1.02. The molecule has 3 heterocycles. The zero-order valence-corrected chi connectivity index (χ0v) is 13.5. The maximum absolute atomic E-state index is 12.7. The van der Waals surface area contributed by atoms with Gasteiger partial charge in [0.1, 0.15) is 4.90 Å². The van der Waals surface area contributed by atoms with Gasteiger partial charge in [0.25, 0.3) is 0 Å². The van der Waals surface area contributed by atoms with Crippen molar-refractivity contribution in [1.29, 1.82) is 0 Å². The summed E-state index contributed by atoms with van der Waals surface area (Å²) in [6.07, 6.45) is 3.05. The van der Waals surface area contributed by atoms with Crippen LogP contribution in [0.15, 0.2) is 28.6 Å². The van der Waals surface area contributed by atoms with Gasteiger partial charge in [-0.3, -0.25) is 4.98 Å². The van der Waals surface area contributed by atoms with Gasteiger partial charge in [0.15, 0.2) is 0 Å². The average molecular weight is 326 g/mol. The fraction of sp³-hybridized carbons (Fsp3) is 0.500. The molecule has 2 aromatic rings. The van der Waals surface area contributed by atoms with Gasteiger partial charge in [0.05, 0.1) is 15.8 Å². The molecule has 0 spiro atoms. The van der Waals surface area contributed by atoms with Crippen LogP contribution in [0.2, 0.25) is 0 Å². The molecule has 7 heteroatoms. The Bertz CT molecular complexity index is 746. The summed E-state index contributed by atoms with van der Waals surface area (Å²) in [7, 11) is -3.52. The molecular formula is C14H18N2O3S2. The summed E-state index contributed by atoms with van der Waals surface area (Å²) in [5.74, 6) is 0. The molecule has 1 N–H and O–H groups in total. The predicted octanol–water partition coefficient (Wildman–Crippen LogP) is 2.22. The van der Waals surface area contributed by atoms with Gasteiger partial charge < -0.3 is 5.11 Å². The summed E-state index contributed by atoms with van der Waals surface area (Å²) in [5, 5.41) is 12.1.